The van der Waals surface area contributed by atoms with Gasteiger partial charge >= 0.3 is 0 Å². The summed E-state index contributed by atoms with van der Waals surface area (Å²) in [6.45, 7) is 2.35. The second-order valence-corrected chi connectivity index (χ2v) is 11.4. The summed E-state index contributed by atoms with van der Waals surface area (Å²) in [5, 5.41) is 0. The maximum Gasteiger partial charge on any atom is 0.222 e. The Labute approximate surface area is 158 Å². The van der Waals surface area contributed by atoms with Gasteiger partial charge in [0, 0.05) is 47.2 Å². The number of carbonyl (C=O) groups excluding carboxylic acids is 1. The average molecular weight is 412 g/mol. The molecule has 0 spiro atoms. The summed E-state index contributed by atoms with van der Waals surface area (Å²) in [6, 6.07) is 0. The number of hydrogen-bond donors (Lipinski definition) is 0. The van der Waals surface area contributed by atoms with Gasteiger partial charge in [-0.1, -0.05) is 6.42 Å². The third-order valence-corrected chi connectivity index (χ3v) is 8.63. The first-order valence-electron chi connectivity index (χ1n) is 9.18. The zero-order valence-corrected chi connectivity index (χ0v) is 17.8. The lowest BCUT2D eigenvalue weighted by Gasteiger charge is -2.21. The maximum absolute atomic E-state index is 10.9. The standard InChI is InChI=1S/C7H13NO.C5H11NO2S.C4H9NO2S/c1-8-6-4-2-3-5-7(8)9;1-6-4-2-3-5-9(6,7)8;1-5-3-2-4-8(5,6)7/h2-6H2,1H3;2-5H2,1H3;2-4H2,1H3. The van der Waals surface area contributed by atoms with Gasteiger partial charge < -0.3 is 4.90 Å². The van der Waals surface area contributed by atoms with Crippen LogP contribution in [0.25, 0.3) is 0 Å². The van der Waals surface area contributed by atoms with Gasteiger partial charge in [-0.25, -0.2) is 25.4 Å². The summed E-state index contributed by atoms with van der Waals surface area (Å²) >= 11 is 0. The fourth-order valence-corrected chi connectivity index (χ4v) is 5.30. The van der Waals surface area contributed by atoms with Crippen LogP contribution in [0.1, 0.15) is 44.9 Å². The van der Waals surface area contributed by atoms with Crippen LogP contribution in [0, 0.1) is 0 Å². The Hall–Kier alpha value is -0.710. The van der Waals surface area contributed by atoms with Crippen LogP contribution in [-0.2, 0) is 24.8 Å². The summed E-state index contributed by atoms with van der Waals surface area (Å²) in [5.41, 5.74) is 0. The second-order valence-electron chi connectivity index (χ2n) is 6.96. The number of likely N-dealkylation sites (tertiary alicyclic amines) is 1. The van der Waals surface area contributed by atoms with Crippen LogP contribution < -0.4 is 0 Å². The molecule has 3 heterocycles. The molecule has 3 saturated heterocycles. The van der Waals surface area contributed by atoms with Crippen molar-refractivity contribution in [1.82, 2.24) is 13.5 Å². The van der Waals surface area contributed by atoms with Gasteiger partial charge in [-0.2, -0.15) is 0 Å². The van der Waals surface area contributed by atoms with E-state index >= 15 is 0 Å². The molecular weight excluding hydrogens is 378 g/mol. The molecule has 0 unspecified atom stereocenters. The van der Waals surface area contributed by atoms with E-state index in [2.05, 4.69) is 0 Å². The number of rotatable bonds is 0. The van der Waals surface area contributed by atoms with Gasteiger partial charge in [0.05, 0.1) is 11.5 Å². The molecule has 10 heteroatoms. The van der Waals surface area contributed by atoms with Crippen molar-refractivity contribution in [2.24, 2.45) is 0 Å². The molecular formula is C16H33N3O5S2. The Kier molecular flexibility index (Phi) is 9.49. The third-order valence-electron chi connectivity index (χ3n) is 4.76. The molecule has 8 nitrogen and oxygen atoms in total. The Bertz CT molecular complexity index is 649. The molecule has 0 aromatic heterocycles. The lowest BCUT2D eigenvalue weighted by Crippen LogP contribution is -2.34. The van der Waals surface area contributed by atoms with E-state index < -0.39 is 20.0 Å². The minimum Gasteiger partial charge on any atom is -0.346 e. The molecule has 0 aromatic carbocycles. The number of nitrogens with zero attached hydrogens (tertiary/aromatic N) is 3. The van der Waals surface area contributed by atoms with Gasteiger partial charge in [0.2, 0.25) is 26.0 Å². The van der Waals surface area contributed by atoms with Gasteiger partial charge in [0.25, 0.3) is 0 Å². The first-order chi connectivity index (χ1) is 12.1. The minimum atomic E-state index is -2.83. The molecule has 3 aliphatic heterocycles. The molecule has 154 valence electrons. The van der Waals surface area contributed by atoms with Crippen molar-refractivity contribution in [3.05, 3.63) is 0 Å². The van der Waals surface area contributed by atoms with E-state index in [-0.39, 0.29) is 0 Å². The molecule has 26 heavy (non-hydrogen) atoms. The van der Waals surface area contributed by atoms with E-state index in [1.807, 2.05) is 11.9 Å². The van der Waals surface area contributed by atoms with Crippen molar-refractivity contribution < 1.29 is 21.6 Å². The SMILES string of the molecule is CN1CCCCCC1=O.CN1CCCCS1(=O)=O.CN1CCCS1(=O)=O. The average Bonchev–Trinajstić information content (AvgIpc) is 2.75. The van der Waals surface area contributed by atoms with Crippen molar-refractivity contribution in [3.8, 4) is 0 Å². The molecule has 0 radical (unpaired) electrons. The second kappa shape index (κ2) is 10.6. The molecule has 0 N–H and O–H groups in total. The fraction of sp³-hybridized carbons (Fsp3) is 0.938. The summed E-state index contributed by atoms with van der Waals surface area (Å²) in [5.74, 6) is 0.986. The normalized spacial score (nSPS) is 26.1. The van der Waals surface area contributed by atoms with Crippen LogP contribution in [0.2, 0.25) is 0 Å². The number of amides is 1. The van der Waals surface area contributed by atoms with E-state index in [0.29, 0.717) is 30.5 Å². The van der Waals surface area contributed by atoms with Crippen LogP contribution in [-0.4, -0.2) is 88.5 Å². The lowest BCUT2D eigenvalue weighted by atomic mass is 10.2. The highest BCUT2D eigenvalue weighted by atomic mass is 32.2. The zero-order valence-electron chi connectivity index (χ0n) is 16.2. The van der Waals surface area contributed by atoms with E-state index in [1.54, 1.807) is 14.1 Å². The predicted molar refractivity (Wildman–Crippen MR) is 103 cm³/mol. The molecule has 0 atom stereocenters. The fourth-order valence-electron chi connectivity index (χ4n) is 2.80. The van der Waals surface area contributed by atoms with Crippen molar-refractivity contribution in [2.75, 3.05) is 52.3 Å². The van der Waals surface area contributed by atoms with Crippen molar-refractivity contribution in [2.45, 2.75) is 44.9 Å². The van der Waals surface area contributed by atoms with Gasteiger partial charge in [-0.05, 0) is 32.1 Å². The van der Waals surface area contributed by atoms with Crippen LogP contribution >= 0.6 is 0 Å². The minimum absolute atomic E-state index is 0.313. The van der Waals surface area contributed by atoms with Gasteiger partial charge in [-0.3, -0.25) is 4.79 Å². The van der Waals surface area contributed by atoms with Crippen LogP contribution in [0.4, 0.5) is 0 Å². The third kappa shape index (κ3) is 7.89. The predicted octanol–water partition coefficient (Wildman–Crippen LogP) is 0.712. The highest BCUT2D eigenvalue weighted by Gasteiger charge is 2.23. The van der Waals surface area contributed by atoms with Crippen LogP contribution in [0.5, 0.6) is 0 Å². The van der Waals surface area contributed by atoms with Gasteiger partial charge in [0.1, 0.15) is 0 Å². The monoisotopic (exact) mass is 411 g/mol. The van der Waals surface area contributed by atoms with E-state index in [9.17, 15) is 21.6 Å². The lowest BCUT2D eigenvalue weighted by molar-refractivity contribution is -0.129. The summed E-state index contributed by atoms with van der Waals surface area (Å²) < 4.78 is 46.0. The largest absolute Gasteiger partial charge is 0.346 e. The molecule has 3 aliphatic rings. The van der Waals surface area contributed by atoms with E-state index in [0.717, 1.165) is 38.6 Å². The quantitative estimate of drug-likeness (QED) is 0.585. The maximum atomic E-state index is 10.9. The van der Waals surface area contributed by atoms with Crippen molar-refractivity contribution in [3.63, 3.8) is 0 Å². The summed E-state index contributed by atoms with van der Waals surface area (Å²) in [7, 11) is -0.490. The Morgan fingerprint density at radius 2 is 1.15 bits per heavy atom. The smallest absolute Gasteiger partial charge is 0.222 e. The van der Waals surface area contributed by atoms with Crippen molar-refractivity contribution in [1.29, 1.82) is 0 Å². The Morgan fingerprint density at radius 1 is 0.654 bits per heavy atom. The molecule has 3 rings (SSSR count). The van der Waals surface area contributed by atoms with E-state index in [1.165, 1.54) is 21.5 Å². The molecule has 0 aromatic rings. The number of carbonyl (C=O) groups is 1. The first kappa shape index (κ1) is 23.3. The van der Waals surface area contributed by atoms with Crippen molar-refractivity contribution >= 4 is 26.0 Å². The highest BCUT2D eigenvalue weighted by Crippen LogP contribution is 2.10. The Morgan fingerprint density at radius 3 is 1.54 bits per heavy atom. The first-order valence-corrected chi connectivity index (χ1v) is 12.4. The summed E-state index contributed by atoms with van der Waals surface area (Å²) in [6.07, 6.45) is 6.87. The van der Waals surface area contributed by atoms with Gasteiger partial charge in [0.15, 0.2) is 0 Å². The highest BCUT2D eigenvalue weighted by molar-refractivity contribution is 7.89. The molecule has 1 amide bonds. The molecule has 0 bridgehead atoms. The Balaban J connectivity index is 0.000000195. The zero-order chi connectivity index (χ0) is 19.8. The van der Waals surface area contributed by atoms with Gasteiger partial charge in [-0.15, -0.1) is 0 Å². The van der Waals surface area contributed by atoms with E-state index in [4.69, 9.17) is 0 Å². The molecule has 0 aliphatic carbocycles. The molecule has 0 saturated carbocycles. The summed E-state index contributed by atoms with van der Waals surface area (Å²) in [4.78, 5) is 12.8. The van der Waals surface area contributed by atoms with Crippen LogP contribution in [0.3, 0.4) is 0 Å². The number of hydrogen-bond acceptors (Lipinski definition) is 5. The topological polar surface area (TPSA) is 95.1 Å². The van der Waals surface area contributed by atoms with Crippen LogP contribution in [0.15, 0.2) is 0 Å². The molecule has 3 fully saturated rings. The number of sulfonamides is 2.